The number of benzene rings is 1. The van der Waals surface area contributed by atoms with Gasteiger partial charge in [-0.1, -0.05) is 50.1 Å². The van der Waals surface area contributed by atoms with E-state index in [4.69, 9.17) is 11.6 Å². The Morgan fingerprint density at radius 2 is 1.48 bits per heavy atom. The highest BCUT2D eigenvalue weighted by Crippen LogP contribution is 2.35. The lowest BCUT2D eigenvalue weighted by molar-refractivity contribution is -0.146. The van der Waals surface area contributed by atoms with E-state index in [1.54, 1.807) is 24.3 Å². The summed E-state index contributed by atoms with van der Waals surface area (Å²) in [6, 6.07) is 6.14. The van der Waals surface area contributed by atoms with E-state index in [1.807, 2.05) is 4.90 Å². The molecule has 4 rings (SSSR count). The van der Waals surface area contributed by atoms with Crippen molar-refractivity contribution in [2.45, 2.75) is 82.7 Å². The van der Waals surface area contributed by atoms with Crippen molar-refractivity contribution >= 4 is 35.0 Å². The van der Waals surface area contributed by atoms with Crippen LogP contribution in [0.1, 0.15) is 70.6 Å². The first-order chi connectivity index (χ1) is 14.1. The maximum Gasteiger partial charge on any atom is 0.257 e. The zero-order valence-electron chi connectivity index (χ0n) is 16.8. The van der Waals surface area contributed by atoms with Gasteiger partial charge in [-0.25, -0.2) is 4.90 Å². The number of imide groups is 1. The van der Waals surface area contributed by atoms with Crippen molar-refractivity contribution in [3.05, 3.63) is 29.3 Å². The first kappa shape index (κ1) is 20.4. The van der Waals surface area contributed by atoms with Crippen LogP contribution in [0.2, 0.25) is 5.02 Å². The summed E-state index contributed by atoms with van der Waals surface area (Å²) in [5.41, 5.74) is 0.528. The number of rotatable bonds is 4. The van der Waals surface area contributed by atoms with Crippen LogP contribution in [0.15, 0.2) is 24.3 Å². The van der Waals surface area contributed by atoms with Crippen LogP contribution in [0.5, 0.6) is 0 Å². The van der Waals surface area contributed by atoms with Crippen LogP contribution in [0.4, 0.5) is 5.69 Å². The maximum absolute atomic E-state index is 13.6. The number of hydrogen-bond donors (Lipinski definition) is 0. The minimum Gasteiger partial charge on any atom is -0.327 e. The maximum atomic E-state index is 13.6. The van der Waals surface area contributed by atoms with Crippen LogP contribution in [0.25, 0.3) is 0 Å². The van der Waals surface area contributed by atoms with E-state index in [1.165, 1.54) is 17.7 Å². The van der Waals surface area contributed by atoms with E-state index in [9.17, 15) is 14.4 Å². The predicted molar refractivity (Wildman–Crippen MR) is 113 cm³/mol. The molecule has 6 heteroatoms. The van der Waals surface area contributed by atoms with Crippen LogP contribution in [0, 0.1) is 5.92 Å². The van der Waals surface area contributed by atoms with Crippen LogP contribution >= 0.6 is 11.6 Å². The lowest BCUT2D eigenvalue weighted by atomic mass is 9.86. The lowest BCUT2D eigenvalue weighted by Gasteiger charge is -2.40. The molecule has 0 bridgehead atoms. The molecule has 5 nitrogen and oxygen atoms in total. The number of halogens is 1. The zero-order chi connectivity index (χ0) is 20.4. The van der Waals surface area contributed by atoms with Crippen molar-refractivity contribution in [2.24, 2.45) is 5.92 Å². The molecule has 29 heavy (non-hydrogen) atoms. The summed E-state index contributed by atoms with van der Waals surface area (Å²) in [7, 11) is 0. The van der Waals surface area contributed by atoms with Crippen LogP contribution in [0.3, 0.4) is 0 Å². The fraction of sp³-hybridized carbons (Fsp3) is 0.609. The summed E-state index contributed by atoms with van der Waals surface area (Å²) >= 11 is 5.96. The van der Waals surface area contributed by atoms with E-state index in [-0.39, 0.29) is 36.1 Å². The SMILES string of the molecule is O=C1CC(N(C(=O)C2CCCCC2)C2CCCCC2)C(=O)N1c1ccc(Cl)cc1. The molecule has 1 aromatic rings. The van der Waals surface area contributed by atoms with Gasteiger partial charge < -0.3 is 4.90 Å². The van der Waals surface area contributed by atoms with Crippen molar-refractivity contribution in [1.82, 2.24) is 4.90 Å². The van der Waals surface area contributed by atoms with Crippen molar-refractivity contribution in [2.75, 3.05) is 4.90 Å². The Morgan fingerprint density at radius 1 is 0.897 bits per heavy atom. The van der Waals surface area contributed by atoms with Crippen molar-refractivity contribution in [1.29, 1.82) is 0 Å². The van der Waals surface area contributed by atoms with E-state index in [2.05, 4.69) is 0 Å². The number of anilines is 1. The van der Waals surface area contributed by atoms with Gasteiger partial charge in [0, 0.05) is 17.0 Å². The van der Waals surface area contributed by atoms with Gasteiger partial charge in [-0.3, -0.25) is 14.4 Å². The monoisotopic (exact) mass is 416 g/mol. The van der Waals surface area contributed by atoms with Crippen molar-refractivity contribution in [3.8, 4) is 0 Å². The molecule has 156 valence electrons. The molecule has 1 saturated heterocycles. The molecule has 0 radical (unpaired) electrons. The van der Waals surface area contributed by atoms with Gasteiger partial charge >= 0.3 is 0 Å². The molecular weight excluding hydrogens is 388 g/mol. The van der Waals surface area contributed by atoms with Gasteiger partial charge in [0.2, 0.25) is 11.8 Å². The van der Waals surface area contributed by atoms with Crippen molar-refractivity contribution < 1.29 is 14.4 Å². The third-order valence-corrected chi connectivity index (χ3v) is 6.97. The molecule has 1 unspecified atom stereocenters. The number of amides is 3. The molecule has 3 amide bonds. The average Bonchev–Trinajstić information content (AvgIpc) is 3.04. The molecule has 0 N–H and O–H groups in total. The van der Waals surface area contributed by atoms with Crippen molar-refractivity contribution in [3.63, 3.8) is 0 Å². The molecule has 1 atom stereocenters. The standard InChI is InChI=1S/C23H29ClN2O3/c24-17-11-13-19(14-12-17)26-21(27)15-20(23(26)29)25(18-9-5-2-6-10-18)22(28)16-7-3-1-4-8-16/h11-14,16,18,20H,1-10,15H2. The fourth-order valence-electron chi connectivity index (χ4n) is 5.20. The largest absolute Gasteiger partial charge is 0.327 e. The smallest absolute Gasteiger partial charge is 0.257 e. The Bertz CT molecular complexity index is 767. The van der Waals surface area contributed by atoms with E-state index in [0.29, 0.717) is 10.7 Å². The first-order valence-corrected chi connectivity index (χ1v) is 11.4. The third-order valence-electron chi connectivity index (χ3n) is 6.72. The van der Waals surface area contributed by atoms with Crippen LogP contribution in [-0.2, 0) is 14.4 Å². The highest BCUT2D eigenvalue weighted by molar-refractivity contribution is 6.30. The molecule has 2 aliphatic carbocycles. The molecule has 2 saturated carbocycles. The molecular formula is C23H29ClN2O3. The topological polar surface area (TPSA) is 57.7 Å². The highest BCUT2D eigenvalue weighted by Gasteiger charge is 2.47. The Kier molecular flexibility index (Phi) is 6.23. The van der Waals surface area contributed by atoms with E-state index >= 15 is 0 Å². The number of carbonyl (C=O) groups is 3. The summed E-state index contributed by atoms with van der Waals surface area (Å²) in [4.78, 5) is 42.8. The second kappa shape index (κ2) is 8.86. The van der Waals surface area contributed by atoms with Crippen LogP contribution < -0.4 is 4.90 Å². The molecule has 0 spiro atoms. The third kappa shape index (κ3) is 4.20. The quantitative estimate of drug-likeness (QED) is 0.667. The molecule has 3 fully saturated rings. The summed E-state index contributed by atoms with van der Waals surface area (Å²) in [6.07, 6.45) is 10.4. The minimum atomic E-state index is -0.671. The highest BCUT2D eigenvalue weighted by atomic mass is 35.5. The second-order valence-corrected chi connectivity index (χ2v) is 9.07. The molecule has 1 heterocycles. The summed E-state index contributed by atoms with van der Waals surface area (Å²) < 4.78 is 0. The zero-order valence-corrected chi connectivity index (χ0v) is 17.6. The summed E-state index contributed by atoms with van der Waals surface area (Å²) in [5.74, 6) is -0.412. The number of carbonyl (C=O) groups excluding carboxylic acids is 3. The van der Waals surface area contributed by atoms with Gasteiger partial charge in [0.25, 0.3) is 5.91 Å². The first-order valence-electron chi connectivity index (χ1n) is 11.0. The molecule has 0 aromatic heterocycles. The second-order valence-electron chi connectivity index (χ2n) is 8.64. The van der Waals surface area contributed by atoms with Gasteiger partial charge in [0.05, 0.1) is 12.1 Å². The summed E-state index contributed by atoms with van der Waals surface area (Å²) in [6.45, 7) is 0. The van der Waals surface area contributed by atoms with Gasteiger partial charge in [0.1, 0.15) is 6.04 Å². The van der Waals surface area contributed by atoms with Gasteiger partial charge in [-0.2, -0.15) is 0 Å². The average molecular weight is 417 g/mol. The predicted octanol–water partition coefficient (Wildman–Crippen LogP) is 4.71. The Balaban J connectivity index is 1.61. The van der Waals surface area contributed by atoms with Gasteiger partial charge in [0.15, 0.2) is 0 Å². The number of nitrogens with zero attached hydrogens (tertiary/aromatic N) is 2. The van der Waals surface area contributed by atoms with Gasteiger partial charge in [-0.05, 0) is 49.9 Å². The van der Waals surface area contributed by atoms with E-state index < -0.39 is 6.04 Å². The summed E-state index contributed by atoms with van der Waals surface area (Å²) in [5, 5.41) is 0.556. The Morgan fingerprint density at radius 3 is 2.10 bits per heavy atom. The van der Waals surface area contributed by atoms with Gasteiger partial charge in [-0.15, -0.1) is 0 Å². The number of hydrogen-bond acceptors (Lipinski definition) is 3. The minimum absolute atomic E-state index is 0.00170. The Hall–Kier alpha value is -1.88. The molecule has 1 aliphatic heterocycles. The molecule has 3 aliphatic rings. The van der Waals surface area contributed by atoms with Crippen LogP contribution in [-0.4, -0.2) is 34.7 Å². The molecule has 1 aromatic carbocycles. The normalized spacial score (nSPS) is 24.2. The Labute approximate surface area is 177 Å². The fourth-order valence-corrected chi connectivity index (χ4v) is 5.33. The lowest BCUT2D eigenvalue weighted by Crippen LogP contribution is -2.53. The van der Waals surface area contributed by atoms with E-state index in [0.717, 1.165) is 51.4 Å².